The number of para-hydroxylation sites is 1. The summed E-state index contributed by atoms with van der Waals surface area (Å²) in [6.07, 6.45) is 1.43. The largest absolute Gasteiger partial charge is 0.494 e. The molecular weight excluding hydrogens is 256 g/mol. The van der Waals surface area contributed by atoms with Crippen LogP contribution < -0.4 is 11.3 Å². The molecule has 2 aromatic heterocycles. The van der Waals surface area contributed by atoms with Crippen molar-refractivity contribution in [1.82, 2.24) is 14.8 Å². The van der Waals surface area contributed by atoms with Gasteiger partial charge < -0.3 is 10.8 Å². The Kier molecular flexibility index (Phi) is 2.57. The molecule has 4 N–H and O–H groups in total. The number of fused-ring (bicyclic) bond motifs is 1. The predicted octanol–water partition coefficient (Wildman–Crippen LogP) is 1.64. The van der Waals surface area contributed by atoms with E-state index in [4.69, 9.17) is 5.73 Å². The van der Waals surface area contributed by atoms with Crippen molar-refractivity contribution in [2.45, 2.75) is 0 Å². The molecule has 0 fully saturated rings. The van der Waals surface area contributed by atoms with Gasteiger partial charge in [0, 0.05) is 0 Å². The Balaban J connectivity index is 2.44. The summed E-state index contributed by atoms with van der Waals surface area (Å²) in [5, 5.41) is 14.3. The number of hydrogen-bond donors (Lipinski definition) is 3. The fraction of sp³-hybridized carbons (Fsp3) is 0. The molecular formula is C14H12N4O2. The number of nitrogens with zero attached hydrogens (tertiary/aromatic N) is 2. The fourth-order valence-corrected chi connectivity index (χ4v) is 2.15. The maximum Gasteiger partial charge on any atom is 0.264 e. The molecule has 0 aliphatic carbocycles. The number of aromatic amines is 1. The van der Waals surface area contributed by atoms with Crippen LogP contribution in [0.25, 0.3) is 22.7 Å². The van der Waals surface area contributed by atoms with Crippen molar-refractivity contribution in [2.75, 3.05) is 5.73 Å². The predicted molar refractivity (Wildman–Crippen MR) is 77.9 cm³/mol. The SMILES string of the molecule is C=Cc1c(O)[nH]c(=O)c2c(N)n(-c3ccccc3)nc12. The van der Waals surface area contributed by atoms with Crippen LogP contribution in [0.1, 0.15) is 5.56 Å². The van der Waals surface area contributed by atoms with E-state index in [-0.39, 0.29) is 17.1 Å². The summed E-state index contributed by atoms with van der Waals surface area (Å²) >= 11 is 0. The maximum atomic E-state index is 11.9. The first kappa shape index (κ1) is 12.0. The van der Waals surface area contributed by atoms with Gasteiger partial charge in [-0.1, -0.05) is 30.9 Å². The van der Waals surface area contributed by atoms with E-state index in [1.807, 2.05) is 30.3 Å². The molecule has 6 heteroatoms. The quantitative estimate of drug-likeness (QED) is 0.658. The number of hydrogen-bond acceptors (Lipinski definition) is 4. The minimum atomic E-state index is -0.484. The van der Waals surface area contributed by atoms with Gasteiger partial charge in [0.1, 0.15) is 16.7 Å². The van der Waals surface area contributed by atoms with Gasteiger partial charge in [-0.15, -0.1) is 0 Å². The second-order valence-corrected chi connectivity index (χ2v) is 4.28. The second-order valence-electron chi connectivity index (χ2n) is 4.28. The molecule has 6 nitrogen and oxygen atoms in total. The van der Waals surface area contributed by atoms with Gasteiger partial charge in [-0.2, -0.15) is 5.10 Å². The van der Waals surface area contributed by atoms with Crippen LogP contribution in [-0.2, 0) is 0 Å². The van der Waals surface area contributed by atoms with E-state index >= 15 is 0 Å². The molecule has 3 rings (SSSR count). The monoisotopic (exact) mass is 268 g/mol. The summed E-state index contributed by atoms with van der Waals surface area (Å²) in [7, 11) is 0. The van der Waals surface area contributed by atoms with E-state index in [0.29, 0.717) is 11.1 Å². The van der Waals surface area contributed by atoms with E-state index in [1.165, 1.54) is 10.8 Å². The Morgan fingerprint density at radius 3 is 2.70 bits per heavy atom. The van der Waals surface area contributed by atoms with Crippen LogP contribution in [0.3, 0.4) is 0 Å². The number of H-pyrrole nitrogens is 1. The minimum absolute atomic E-state index is 0.218. The molecule has 0 aliphatic heterocycles. The van der Waals surface area contributed by atoms with Crippen LogP contribution in [-0.4, -0.2) is 19.9 Å². The van der Waals surface area contributed by atoms with Crippen molar-refractivity contribution in [3.05, 3.63) is 52.8 Å². The average Bonchev–Trinajstić information content (AvgIpc) is 2.78. The third kappa shape index (κ3) is 1.58. The lowest BCUT2D eigenvalue weighted by atomic mass is 10.2. The highest BCUT2D eigenvalue weighted by Crippen LogP contribution is 2.27. The lowest BCUT2D eigenvalue weighted by Crippen LogP contribution is -2.08. The van der Waals surface area contributed by atoms with E-state index in [2.05, 4.69) is 16.7 Å². The Hall–Kier alpha value is -3.02. The lowest BCUT2D eigenvalue weighted by molar-refractivity contribution is 0.451. The van der Waals surface area contributed by atoms with Gasteiger partial charge >= 0.3 is 0 Å². The molecule has 1 aromatic carbocycles. The summed E-state index contributed by atoms with van der Waals surface area (Å²) in [6.45, 7) is 3.61. The topological polar surface area (TPSA) is 96.9 Å². The molecule has 20 heavy (non-hydrogen) atoms. The van der Waals surface area contributed by atoms with Crippen LogP contribution in [0.4, 0.5) is 5.82 Å². The van der Waals surface area contributed by atoms with Crippen molar-refractivity contribution in [2.24, 2.45) is 0 Å². The number of nitrogens with two attached hydrogens (primary N) is 1. The van der Waals surface area contributed by atoms with Crippen LogP contribution in [0.2, 0.25) is 0 Å². The number of anilines is 1. The number of aromatic hydroxyl groups is 1. The first-order chi connectivity index (χ1) is 9.63. The van der Waals surface area contributed by atoms with Crippen molar-refractivity contribution in [3.63, 3.8) is 0 Å². The molecule has 0 unspecified atom stereocenters. The van der Waals surface area contributed by atoms with Crippen molar-refractivity contribution >= 4 is 22.8 Å². The number of nitrogens with one attached hydrogen (secondary N) is 1. The van der Waals surface area contributed by atoms with Gasteiger partial charge in [0.2, 0.25) is 5.88 Å². The van der Waals surface area contributed by atoms with Crippen LogP contribution in [0, 0.1) is 0 Å². The number of benzene rings is 1. The first-order valence-electron chi connectivity index (χ1n) is 5.94. The third-order valence-electron chi connectivity index (χ3n) is 3.10. The summed E-state index contributed by atoms with van der Waals surface area (Å²) in [4.78, 5) is 14.3. The Morgan fingerprint density at radius 2 is 2.05 bits per heavy atom. The minimum Gasteiger partial charge on any atom is -0.494 e. The molecule has 0 saturated heterocycles. The van der Waals surface area contributed by atoms with Gasteiger partial charge in [0.05, 0.1) is 11.3 Å². The maximum absolute atomic E-state index is 11.9. The molecule has 0 amide bonds. The van der Waals surface area contributed by atoms with Gasteiger partial charge in [-0.3, -0.25) is 9.78 Å². The van der Waals surface area contributed by atoms with Crippen LogP contribution in [0.15, 0.2) is 41.7 Å². The first-order valence-corrected chi connectivity index (χ1v) is 5.94. The Labute approximate surface area is 113 Å². The highest BCUT2D eigenvalue weighted by Gasteiger charge is 2.18. The summed E-state index contributed by atoms with van der Waals surface area (Å²) in [6, 6.07) is 9.21. The van der Waals surface area contributed by atoms with Gasteiger partial charge in [0.15, 0.2) is 0 Å². The lowest BCUT2D eigenvalue weighted by Gasteiger charge is -2.02. The molecule has 0 spiro atoms. The zero-order valence-corrected chi connectivity index (χ0v) is 10.5. The molecule has 0 radical (unpaired) electrons. The molecule has 2 heterocycles. The second kappa shape index (κ2) is 4.27. The van der Waals surface area contributed by atoms with Gasteiger partial charge in [-0.05, 0) is 12.1 Å². The number of aromatic nitrogens is 3. The zero-order chi connectivity index (χ0) is 14.3. The Bertz CT molecular complexity index is 862. The highest BCUT2D eigenvalue weighted by atomic mass is 16.3. The van der Waals surface area contributed by atoms with Gasteiger partial charge in [-0.25, -0.2) is 4.68 Å². The van der Waals surface area contributed by atoms with E-state index in [9.17, 15) is 9.90 Å². The molecule has 3 aromatic rings. The fourth-order valence-electron chi connectivity index (χ4n) is 2.15. The van der Waals surface area contributed by atoms with Gasteiger partial charge in [0.25, 0.3) is 5.56 Å². The van der Waals surface area contributed by atoms with Crippen molar-refractivity contribution in [1.29, 1.82) is 0 Å². The van der Waals surface area contributed by atoms with Crippen molar-refractivity contribution < 1.29 is 5.11 Å². The zero-order valence-electron chi connectivity index (χ0n) is 10.5. The van der Waals surface area contributed by atoms with E-state index < -0.39 is 5.56 Å². The normalized spacial score (nSPS) is 10.8. The molecule has 100 valence electrons. The molecule has 0 aliphatic rings. The summed E-state index contributed by atoms with van der Waals surface area (Å²) < 4.78 is 1.46. The average molecular weight is 268 g/mol. The van der Waals surface area contributed by atoms with Crippen molar-refractivity contribution in [3.8, 4) is 11.6 Å². The van der Waals surface area contributed by atoms with Crippen LogP contribution in [0.5, 0.6) is 5.88 Å². The smallest absolute Gasteiger partial charge is 0.264 e. The number of nitrogen functional groups attached to an aromatic ring is 1. The summed E-state index contributed by atoms with van der Waals surface area (Å²) in [5.74, 6) is -0.0502. The third-order valence-corrected chi connectivity index (χ3v) is 3.10. The van der Waals surface area contributed by atoms with E-state index in [1.54, 1.807) is 0 Å². The highest BCUT2D eigenvalue weighted by molar-refractivity contribution is 5.95. The molecule has 0 atom stereocenters. The molecule has 0 bridgehead atoms. The number of pyridine rings is 1. The number of rotatable bonds is 2. The van der Waals surface area contributed by atoms with E-state index in [0.717, 1.165) is 5.69 Å². The standard InChI is InChI=1S/C14H12N4O2/c1-2-9-11-10(14(20)16-13(9)19)12(15)18(17-11)8-6-4-3-5-7-8/h2-7,19H,1,15H2,(H,16,20). The summed E-state index contributed by atoms with van der Waals surface area (Å²) in [5.41, 5.74) is 6.93. The van der Waals surface area contributed by atoms with Crippen LogP contribution >= 0.6 is 0 Å². The Morgan fingerprint density at radius 1 is 1.35 bits per heavy atom. The molecule has 0 saturated carbocycles.